The van der Waals surface area contributed by atoms with Gasteiger partial charge in [-0.2, -0.15) is 26.3 Å². The van der Waals surface area contributed by atoms with E-state index < -0.39 is 58.7 Å². The van der Waals surface area contributed by atoms with Crippen LogP contribution in [0, 0.1) is 5.92 Å². The summed E-state index contributed by atoms with van der Waals surface area (Å²) in [5.74, 6) is -2.73. The van der Waals surface area contributed by atoms with E-state index in [2.05, 4.69) is 15.5 Å². The highest BCUT2D eigenvalue weighted by molar-refractivity contribution is 8.13. The quantitative estimate of drug-likeness (QED) is 0.260. The second kappa shape index (κ2) is 10.5. The fourth-order valence-corrected chi connectivity index (χ4v) is 4.71. The number of thioether (sulfide) groups is 1. The largest absolute Gasteiger partial charge is 0.492 e. The van der Waals surface area contributed by atoms with E-state index in [9.17, 15) is 36.2 Å². The summed E-state index contributed by atoms with van der Waals surface area (Å²) >= 11 is 6.49. The predicted molar refractivity (Wildman–Crippen MR) is 120 cm³/mol. The van der Waals surface area contributed by atoms with Crippen LogP contribution in [0.1, 0.15) is 38.7 Å². The molecular formula is C21H21ClF6N4O3S. The summed E-state index contributed by atoms with van der Waals surface area (Å²) in [7, 11) is 0. The maximum absolute atomic E-state index is 14.4. The molecule has 1 aromatic carbocycles. The topological polar surface area (TPSA) is 89.3 Å². The van der Waals surface area contributed by atoms with Crippen LogP contribution in [-0.4, -0.2) is 49.8 Å². The average molecular weight is 559 g/mol. The first-order valence-electron chi connectivity index (χ1n) is 10.6. The Morgan fingerprint density at radius 2 is 2.00 bits per heavy atom. The monoisotopic (exact) mass is 558 g/mol. The molecule has 1 aliphatic rings. The minimum absolute atomic E-state index is 0.00461. The maximum Gasteiger partial charge on any atom is 0.417 e. The number of hydrogen-bond acceptors (Lipinski definition) is 7. The number of rotatable bonds is 7. The number of nitrogens with zero attached hydrogens (tertiary/aromatic N) is 3. The van der Waals surface area contributed by atoms with Gasteiger partial charge in [-0.25, -0.2) is 4.98 Å². The van der Waals surface area contributed by atoms with Crippen molar-refractivity contribution in [2.45, 2.75) is 56.3 Å². The molecule has 0 saturated heterocycles. The van der Waals surface area contributed by atoms with E-state index >= 15 is 0 Å². The number of allylic oxidation sites excluding steroid dienone is 1. The van der Waals surface area contributed by atoms with Gasteiger partial charge in [0.15, 0.2) is 10.8 Å². The molecule has 36 heavy (non-hydrogen) atoms. The van der Waals surface area contributed by atoms with E-state index in [0.717, 1.165) is 24.5 Å². The lowest BCUT2D eigenvalue weighted by molar-refractivity contribution is -0.208. The zero-order valence-corrected chi connectivity index (χ0v) is 20.4. The Bertz CT molecular complexity index is 1150. The first kappa shape index (κ1) is 28.1. The summed E-state index contributed by atoms with van der Waals surface area (Å²) in [6.45, 7) is 3.19. The molecule has 1 fully saturated rings. The van der Waals surface area contributed by atoms with Gasteiger partial charge in [-0.3, -0.25) is 10.2 Å². The molecule has 2 atom stereocenters. The Labute approximate surface area is 210 Å². The molecule has 1 saturated carbocycles. The zero-order chi connectivity index (χ0) is 26.9. The number of nitrogens with one attached hydrogen (secondary N) is 1. The van der Waals surface area contributed by atoms with Crippen molar-refractivity contribution in [2.75, 3.05) is 12.0 Å². The van der Waals surface area contributed by atoms with E-state index in [4.69, 9.17) is 16.3 Å². The summed E-state index contributed by atoms with van der Waals surface area (Å²) in [5, 5.41) is 14.3. The van der Waals surface area contributed by atoms with Crippen LogP contribution >= 0.6 is 23.4 Å². The minimum atomic E-state index is -5.17. The Kier molecular flexibility index (Phi) is 8.20. The van der Waals surface area contributed by atoms with Crippen molar-refractivity contribution in [3.8, 4) is 5.75 Å². The van der Waals surface area contributed by atoms with Gasteiger partial charge in [0.25, 0.3) is 0 Å². The molecular weight excluding hydrogens is 538 g/mol. The Hall–Kier alpha value is -2.45. The number of benzene rings is 1. The number of alkyl halides is 6. The minimum Gasteiger partial charge on any atom is -0.492 e. The maximum atomic E-state index is 14.4. The molecule has 0 amide bonds. The van der Waals surface area contributed by atoms with Crippen LogP contribution in [0.5, 0.6) is 5.75 Å². The Morgan fingerprint density at radius 1 is 1.31 bits per heavy atom. The number of carbonyl (C=O) groups excluding carboxylic acids is 1. The van der Waals surface area contributed by atoms with Crippen LogP contribution in [0.15, 0.2) is 35.3 Å². The summed E-state index contributed by atoms with van der Waals surface area (Å²) < 4.78 is 90.3. The highest BCUT2D eigenvalue weighted by atomic mass is 35.5. The van der Waals surface area contributed by atoms with Crippen molar-refractivity contribution >= 4 is 34.1 Å². The normalized spacial score (nSPS) is 22.0. The van der Waals surface area contributed by atoms with E-state index in [-0.39, 0.29) is 29.0 Å². The molecule has 1 aliphatic carbocycles. The third-order valence-electron chi connectivity index (χ3n) is 5.43. The standard InChI is InChI=1S/C21H21ClF6N4O3S/c1-3-16(33)36-18-29-10-30-32(18)31-19(34)12(6-8-15(19)20(23,24)25)17(21(26,27)28)11-5-7-13(22)14(9-11)35-4-2/h5,7,9-10,15,31,34H,3-4,6,8H2,1-2H3/b17-12-. The molecule has 0 aliphatic heterocycles. The van der Waals surface area contributed by atoms with Crippen LogP contribution in [0.3, 0.4) is 0 Å². The van der Waals surface area contributed by atoms with E-state index in [1.54, 1.807) is 6.92 Å². The summed E-state index contributed by atoms with van der Waals surface area (Å²) in [5.41, 5.74) is -4.16. The van der Waals surface area contributed by atoms with Gasteiger partial charge in [0, 0.05) is 6.42 Å². The van der Waals surface area contributed by atoms with Gasteiger partial charge in [-0.15, -0.1) is 9.89 Å². The van der Waals surface area contributed by atoms with Crippen LogP contribution in [-0.2, 0) is 4.79 Å². The highest BCUT2D eigenvalue weighted by Gasteiger charge is 2.61. The zero-order valence-electron chi connectivity index (χ0n) is 18.9. The number of carbonyl (C=O) groups is 1. The van der Waals surface area contributed by atoms with Crippen molar-refractivity contribution in [1.29, 1.82) is 0 Å². The summed E-state index contributed by atoms with van der Waals surface area (Å²) in [4.78, 5) is 16.1. The van der Waals surface area contributed by atoms with Crippen molar-refractivity contribution in [2.24, 2.45) is 5.92 Å². The lowest BCUT2D eigenvalue weighted by Gasteiger charge is -2.35. The molecule has 0 radical (unpaired) electrons. The molecule has 0 spiro atoms. The van der Waals surface area contributed by atoms with Crippen LogP contribution in [0.25, 0.3) is 5.57 Å². The van der Waals surface area contributed by atoms with Crippen LogP contribution < -0.4 is 10.2 Å². The van der Waals surface area contributed by atoms with Gasteiger partial charge in [0.2, 0.25) is 5.16 Å². The highest BCUT2D eigenvalue weighted by Crippen LogP contribution is 2.53. The molecule has 7 nitrogen and oxygen atoms in total. The van der Waals surface area contributed by atoms with Gasteiger partial charge >= 0.3 is 12.4 Å². The Morgan fingerprint density at radius 3 is 2.58 bits per heavy atom. The lowest BCUT2D eigenvalue weighted by atomic mass is 9.90. The third-order valence-corrected chi connectivity index (χ3v) is 6.72. The first-order valence-corrected chi connectivity index (χ1v) is 11.8. The predicted octanol–water partition coefficient (Wildman–Crippen LogP) is 5.58. The summed E-state index contributed by atoms with van der Waals surface area (Å²) in [6, 6.07) is 3.07. The Balaban J connectivity index is 2.23. The second-order valence-electron chi connectivity index (χ2n) is 7.72. The fraction of sp³-hybridized carbons (Fsp3) is 0.476. The van der Waals surface area contributed by atoms with Gasteiger partial charge < -0.3 is 9.84 Å². The van der Waals surface area contributed by atoms with E-state index in [0.29, 0.717) is 16.6 Å². The van der Waals surface area contributed by atoms with E-state index in [1.807, 2.05) is 0 Å². The number of halogens is 7. The van der Waals surface area contributed by atoms with Gasteiger partial charge in [0.1, 0.15) is 18.0 Å². The molecule has 2 N–H and O–H groups in total. The molecule has 3 rings (SSSR count). The number of aromatic nitrogens is 3. The van der Waals surface area contributed by atoms with Crippen molar-refractivity contribution in [3.63, 3.8) is 0 Å². The van der Waals surface area contributed by atoms with Crippen LogP contribution in [0.2, 0.25) is 5.02 Å². The number of aliphatic hydroxyl groups is 1. The smallest absolute Gasteiger partial charge is 0.417 e. The van der Waals surface area contributed by atoms with Gasteiger partial charge in [-0.1, -0.05) is 24.6 Å². The average Bonchev–Trinajstić information content (AvgIpc) is 3.33. The van der Waals surface area contributed by atoms with Gasteiger partial charge in [-0.05, 0) is 54.8 Å². The lowest BCUT2D eigenvalue weighted by Crippen LogP contribution is -2.53. The van der Waals surface area contributed by atoms with Gasteiger partial charge in [0.05, 0.1) is 17.2 Å². The fourth-order valence-electron chi connectivity index (χ4n) is 3.91. The molecule has 198 valence electrons. The molecule has 1 aromatic heterocycles. The summed E-state index contributed by atoms with van der Waals surface area (Å²) in [6.07, 6.45) is -10.9. The molecule has 1 heterocycles. The van der Waals surface area contributed by atoms with E-state index in [1.165, 1.54) is 6.92 Å². The molecule has 15 heteroatoms. The SMILES string of the molecule is CCOc1cc(/C(=C2\CCC(C(F)(F)F)C2(O)Nn2ncnc2SC(=O)CC)C(F)(F)F)ccc1Cl. The number of hydrogen-bond donors (Lipinski definition) is 2. The molecule has 0 bridgehead atoms. The number of ether oxygens (including phenoxy) is 1. The van der Waals surface area contributed by atoms with Crippen molar-refractivity contribution in [3.05, 3.63) is 40.7 Å². The van der Waals surface area contributed by atoms with Crippen molar-refractivity contribution in [1.82, 2.24) is 14.9 Å². The van der Waals surface area contributed by atoms with Crippen LogP contribution in [0.4, 0.5) is 26.3 Å². The first-order chi connectivity index (χ1) is 16.7. The van der Waals surface area contributed by atoms with Crippen molar-refractivity contribution < 1.29 is 41.0 Å². The second-order valence-corrected chi connectivity index (χ2v) is 9.15. The molecule has 2 unspecified atom stereocenters. The molecule has 2 aromatic rings. The third kappa shape index (κ3) is 5.75.